The molecule has 0 N–H and O–H groups in total. The van der Waals surface area contributed by atoms with Gasteiger partial charge in [-0.25, -0.2) is 12.8 Å². The van der Waals surface area contributed by atoms with Crippen LogP contribution in [0.4, 0.5) is 4.39 Å². The highest BCUT2D eigenvalue weighted by Crippen LogP contribution is 2.12. The van der Waals surface area contributed by atoms with E-state index in [1.165, 1.54) is 0 Å². The Morgan fingerprint density at radius 2 is 2.08 bits per heavy atom. The lowest BCUT2D eigenvalue weighted by Crippen LogP contribution is -2.13. The maximum absolute atomic E-state index is 12.5. The van der Waals surface area contributed by atoms with Crippen molar-refractivity contribution in [1.82, 2.24) is 0 Å². The van der Waals surface area contributed by atoms with Crippen LogP contribution >= 0.6 is 10.7 Å². The Hall–Kier alpha value is 0.130. The van der Waals surface area contributed by atoms with Gasteiger partial charge in [0, 0.05) is 23.7 Å². The molecule has 74 valence electrons. The van der Waals surface area contributed by atoms with Gasteiger partial charge in [-0.15, -0.1) is 0 Å². The Morgan fingerprint density at radius 1 is 1.50 bits per heavy atom. The third-order valence-electron chi connectivity index (χ3n) is 1.14. The van der Waals surface area contributed by atoms with E-state index < -0.39 is 14.6 Å². The van der Waals surface area contributed by atoms with Crippen LogP contribution < -0.4 is 0 Å². The molecule has 3 nitrogen and oxygen atoms in total. The van der Waals surface area contributed by atoms with Crippen molar-refractivity contribution in [2.45, 2.75) is 25.3 Å². The third-order valence-corrected chi connectivity index (χ3v) is 2.57. The van der Waals surface area contributed by atoms with E-state index in [1.807, 2.05) is 6.92 Å². The predicted octanol–water partition coefficient (Wildman–Crippen LogP) is 1.67. The van der Waals surface area contributed by atoms with Gasteiger partial charge in [0.05, 0.1) is 6.61 Å². The van der Waals surface area contributed by atoms with E-state index >= 15 is 0 Å². The second kappa shape index (κ2) is 5.72. The summed E-state index contributed by atoms with van der Waals surface area (Å²) in [5, 5.41) is 0. The molecule has 1 atom stereocenters. The molecule has 0 saturated heterocycles. The monoisotopic (exact) mass is 218 g/mol. The van der Waals surface area contributed by atoms with Crippen molar-refractivity contribution < 1.29 is 17.5 Å². The highest BCUT2D eigenvalue weighted by atomic mass is 35.7. The number of hydrogen-bond donors (Lipinski definition) is 0. The second-order valence-corrected chi connectivity index (χ2v) is 5.04. The zero-order valence-electron chi connectivity index (χ0n) is 6.79. The van der Waals surface area contributed by atoms with E-state index in [-0.39, 0.29) is 13.0 Å². The molecule has 0 amide bonds. The fourth-order valence-corrected chi connectivity index (χ4v) is 1.21. The normalized spacial score (nSPS) is 14.6. The molecule has 0 spiro atoms. The predicted molar refractivity (Wildman–Crippen MR) is 45.4 cm³/mol. The molecule has 0 bridgehead atoms. The Morgan fingerprint density at radius 3 is 2.50 bits per heavy atom. The highest BCUT2D eigenvalue weighted by Gasteiger charge is 2.21. The number of halogens is 2. The summed E-state index contributed by atoms with van der Waals surface area (Å²) in [6.45, 7) is 2.50. The minimum Gasteiger partial charge on any atom is -0.381 e. The van der Waals surface area contributed by atoms with Gasteiger partial charge in [-0.3, -0.25) is 0 Å². The Labute approximate surface area is 76.3 Å². The topological polar surface area (TPSA) is 43.4 Å². The minimum absolute atomic E-state index is 0.0843. The van der Waals surface area contributed by atoms with Gasteiger partial charge >= 0.3 is 0 Å². The van der Waals surface area contributed by atoms with E-state index in [0.717, 1.165) is 6.42 Å². The third kappa shape index (κ3) is 5.74. The first-order valence-corrected chi connectivity index (χ1v) is 6.01. The Kier molecular flexibility index (Phi) is 5.78. The maximum atomic E-state index is 12.5. The molecule has 0 rings (SSSR count). The van der Waals surface area contributed by atoms with E-state index in [4.69, 9.17) is 15.4 Å². The maximum Gasteiger partial charge on any atom is 0.264 e. The van der Waals surface area contributed by atoms with Crippen LogP contribution in [0.2, 0.25) is 0 Å². The van der Waals surface area contributed by atoms with Crippen molar-refractivity contribution in [2.24, 2.45) is 0 Å². The average molecular weight is 219 g/mol. The number of ether oxygens (including phenoxy) is 1. The largest absolute Gasteiger partial charge is 0.381 e. The molecule has 0 aliphatic heterocycles. The van der Waals surface area contributed by atoms with Crippen LogP contribution in [0.25, 0.3) is 0 Å². The SMILES string of the molecule is CCCOCCC(F)S(=O)(=O)Cl. The molecule has 12 heavy (non-hydrogen) atoms. The van der Waals surface area contributed by atoms with Crippen LogP contribution in [-0.4, -0.2) is 27.1 Å². The van der Waals surface area contributed by atoms with Crippen LogP contribution in [0.15, 0.2) is 0 Å². The molecule has 0 heterocycles. The van der Waals surface area contributed by atoms with E-state index in [1.54, 1.807) is 0 Å². The lowest BCUT2D eigenvalue weighted by Gasteiger charge is -2.04. The smallest absolute Gasteiger partial charge is 0.264 e. The molecule has 6 heteroatoms. The first-order valence-electron chi connectivity index (χ1n) is 3.63. The number of hydrogen-bond acceptors (Lipinski definition) is 3. The van der Waals surface area contributed by atoms with Crippen LogP contribution in [0.3, 0.4) is 0 Å². The zero-order valence-corrected chi connectivity index (χ0v) is 8.37. The molecule has 0 saturated carbocycles. The van der Waals surface area contributed by atoms with Crippen molar-refractivity contribution in [3.63, 3.8) is 0 Å². The molecule has 0 aliphatic carbocycles. The summed E-state index contributed by atoms with van der Waals surface area (Å²) in [7, 11) is 0.674. The van der Waals surface area contributed by atoms with Crippen LogP contribution in [0, 0.1) is 0 Å². The van der Waals surface area contributed by atoms with Gasteiger partial charge in [0.25, 0.3) is 9.05 Å². The molecule has 0 fully saturated rings. The molecular formula is C6H12ClFO3S. The number of alkyl halides is 1. The summed E-state index contributed by atoms with van der Waals surface area (Å²) in [5.41, 5.74) is -2.02. The first-order chi connectivity index (χ1) is 5.48. The van der Waals surface area contributed by atoms with Gasteiger partial charge in [-0.05, 0) is 6.42 Å². The zero-order chi connectivity index (χ0) is 9.61. The number of rotatable bonds is 6. The molecule has 0 aromatic carbocycles. The van der Waals surface area contributed by atoms with Gasteiger partial charge in [0.2, 0.25) is 5.50 Å². The van der Waals surface area contributed by atoms with Crippen molar-refractivity contribution in [2.75, 3.05) is 13.2 Å². The summed E-state index contributed by atoms with van der Waals surface area (Å²) >= 11 is 0. The van der Waals surface area contributed by atoms with Gasteiger partial charge in [-0.1, -0.05) is 6.92 Å². The van der Waals surface area contributed by atoms with Gasteiger partial charge in [0.15, 0.2) is 0 Å². The van der Waals surface area contributed by atoms with Crippen molar-refractivity contribution >= 4 is 19.7 Å². The lowest BCUT2D eigenvalue weighted by molar-refractivity contribution is 0.123. The van der Waals surface area contributed by atoms with Crippen molar-refractivity contribution in [3.05, 3.63) is 0 Å². The summed E-state index contributed by atoms with van der Waals surface area (Å²) in [4.78, 5) is 0. The molecule has 0 aliphatic rings. The van der Waals surface area contributed by atoms with Crippen LogP contribution in [-0.2, 0) is 13.8 Å². The second-order valence-electron chi connectivity index (χ2n) is 2.29. The van der Waals surface area contributed by atoms with E-state index in [2.05, 4.69) is 0 Å². The van der Waals surface area contributed by atoms with Crippen LogP contribution in [0.1, 0.15) is 19.8 Å². The highest BCUT2D eigenvalue weighted by molar-refractivity contribution is 8.14. The van der Waals surface area contributed by atoms with Crippen LogP contribution in [0.5, 0.6) is 0 Å². The molecule has 0 aromatic heterocycles. The van der Waals surface area contributed by atoms with Gasteiger partial charge in [0.1, 0.15) is 0 Å². The summed E-state index contributed by atoms with van der Waals surface area (Å²) in [6, 6.07) is 0. The molecule has 0 aromatic rings. The average Bonchev–Trinajstić information content (AvgIpc) is 1.96. The fraction of sp³-hybridized carbons (Fsp3) is 1.00. The Bertz CT molecular complexity index is 205. The summed E-state index contributed by atoms with van der Waals surface area (Å²) < 4.78 is 38.1. The van der Waals surface area contributed by atoms with Gasteiger partial charge in [-0.2, -0.15) is 0 Å². The standard InChI is InChI=1S/C6H12ClFO3S/c1-2-4-11-5-3-6(8)12(7,9)10/h6H,2-5H2,1H3. The van der Waals surface area contributed by atoms with E-state index in [0.29, 0.717) is 6.61 Å². The van der Waals surface area contributed by atoms with Gasteiger partial charge < -0.3 is 4.74 Å². The van der Waals surface area contributed by atoms with Crippen molar-refractivity contribution in [1.29, 1.82) is 0 Å². The lowest BCUT2D eigenvalue weighted by atomic mass is 10.5. The minimum atomic E-state index is -4.06. The summed E-state index contributed by atoms with van der Waals surface area (Å²) in [5.74, 6) is 0. The first kappa shape index (κ1) is 12.1. The molecule has 0 radical (unpaired) electrons. The Balaban J connectivity index is 3.52. The molecular weight excluding hydrogens is 207 g/mol. The summed E-state index contributed by atoms with van der Waals surface area (Å²) in [6.07, 6.45) is 0.621. The quantitative estimate of drug-likeness (QED) is 0.503. The fourth-order valence-electron chi connectivity index (χ4n) is 0.563. The van der Waals surface area contributed by atoms with Crippen molar-refractivity contribution in [3.8, 4) is 0 Å². The van der Waals surface area contributed by atoms with E-state index in [9.17, 15) is 12.8 Å². The molecule has 1 unspecified atom stereocenters.